The molecule has 166 valence electrons. The summed E-state index contributed by atoms with van der Waals surface area (Å²) in [6.45, 7) is 6.97. The molecule has 2 aromatic heterocycles. The minimum atomic E-state index is -0.0379. The van der Waals surface area contributed by atoms with Crippen LogP contribution in [0.15, 0.2) is 52.1 Å². The SMILES string of the molecule is Cc1ccc(C(=O)C2CCN(C(=O)c3cccnc3SCc3c(C)noc3C)CC2)cc1. The topological polar surface area (TPSA) is 76.3 Å². The molecule has 0 N–H and O–H groups in total. The molecule has 3 aromatic rings. The zero-order chi connectivity index (χ0) is 22.7. The van der Waals surface area contributed by atoms with Gasteiger partial charge in [-0.2, -0.15) is 0 Å². The molecule has 1 amide bonds. The third-order valence-electron chi connectivity index (χ3n) is 6.03. The molecule has 1 aliphatic heterocycles. The fourth-order valence-corrected chi connectivity index (χ4v) is 5.13. The average Bonchev–Trinajstić information content (AvgIpc) is 3.14. The predicted octanol–water partition coefficient (Wildman–Crippen LogP) is 5.02. The molecular weight excluding hydrogens is 422 g/mol. The number of likely N-dealkylation sites (tertiary alicyclic amines) is 1. The van der Waals surface area contributed by atoms with Crippen molar-refractivity contribution in [1.29, 1.82) is 0 Å². The van der Waals surface area contributed by atoms with E-state index in [1.165, 1.54) is 11.8 Å². The van der Waals surface area contributed by atoms with Crippen LogP contribution in [0.4, 0.5) is 0 Å². The molecule has 0 saturated carbocycles. The van der Waals surface area contributed by atoms with Crippen LogP contribution >= 0.6 is 11.8 Å². The molecule has 0 unspecified atom stereocenters. The van der Waals surface area contributed by atoms with E-state index in [9.17, 15) is 9.59 Å². The number of ketones is 1. The maximum atomic E-state index is 13.3. The number of hydrogen-bond donors (Lipinski definition) is 0. The molecule has 0 aliphatic carbocycles. The monoisotopic (exact) mass is 449 g/mol. The van der Waals surface area contributed by atoms with E-state index in [2.05, 4.69) is 10.1 Å². The molecule has 0 spiro atoms. The highest BCUT2D eigenvalue weighted by Gasteiger charge is 2.29. The molecule has 7 heteroatoms. The van der Waals surface area contributed by atoms with Crippen LogP contribution in [0.25, 0.3) is 0 Å². The van der Waals surface area contributed by atoms with Gasteiger partial charge in [-0.3, -0.25) is 9.59 Å². The highest BCUT2D eigenvalue weighted by Crippen LogP contribution is 2.29. The van der Waals surface area contributed by atoms with Crippen molar-refractivity contribution in [1.82, 2.24) is 15.0 Å². The van der Waals surface area contributed by atoms with Crippen LogP contribution in [-0.2, 0) is 5.75 Å². The molecular formula is C25H27N3O3S. The van der Waals surface area contributed by atoms with Gasteiger partial charge in [-0.05, 0) is 45.7 Å². The van der Waals surface area contributed by atoms with Gasteiger partial charge in [0.1, 0.15) is 10.8 Å². The number of hydrogen-bond acceptors (Lipinski definition) is 6. The normalized spacial score (nSPS) is 14.5. The lowest BCUT2D eigenvalue weighted by Crippen LogP contribution is -2.40. The Labute approximate surface area is 192 Å². The molecule has 0 radical (unpaired) electrons. The van der Waals surface area contributed by atoms with E-state index in [-0.39, 0.29) is 17.6 Å². The van der Waals surface area contributed by atoms with Crippen LogP contribution in [0.5, 0.6) is 0 Å². The number of aromatic nitrogens is 2. The number of benzene rings is 1. The van der Waals surface area contributed by atoms with Crippen LogP contribution < -0.4 is 0 Å². The molecule has 1 aliphatic rings. The van der Waals surface area contributed by atoms with E-state index in [1.807, 2.05) is 56.0 Å². The largest absolute Gasteiger partial charge is 0.361 e. The number of aryl methyl sites for hydroxylation is 3. The number of carbonyl (C=O) groups is 2. The number of carbonyl (C=O) groups excluding carboxylic acids is 2. The summed E-state index contributed by atoms with van der Waals surface area (Å²) >= 11 is 1.52. The van der Waals surface area contributed by atoms with Gasteiger partial charge in [0.15, 0.2) is 5.78 Å². The summed E-state index contributed by atoms with van der Waals surface area (Å²) in [6, 6.07) is 11.3. The zero-order valence-corrected chi connectivity index (χ0v) is 19.4. The fraction of sp³-hybridized carbons (Fsp3) is 0.360. The Morgan fingerprint density at radius 2 is 1.81 bits per heavy atom. The third-order valence-corrected chi connectivity index (χ3v) is 7.06. The summed E-state index contributed by atoms with van der Waals surface area (Å²) in [7, 11) is 0. The molecule has 1 aromatic carbocycles. The second kappa shape index (κ2) is 9.69. The summed E-state index contributed by atoms with van der Waals surface area (Å²) in [5, 5.41) is 4.70. The van der Waals surface area contributed by atoms with Crippen molar-refractivity contribution in [3.8, 4) is 0 Å². The first-order valence-electron chi connectivity index (χ1n) is 10.8. The van der Waals surface area contributed by atoms with Crippen molar-refractivity contribution in [2.45, 2.75) is 44.4 Å². The van der Waals surface area contributed by atoms with Gasteiger partial charge >= 0.3 is 0 Å². The van der Waals surface area contributed by atoms with Crippen molar-refractivity contribution in [3.63, 3.8) is 0 Å². The molecule has 1 fully saturated rings. The molecule has 4 rings (SSSR count). The number of piperidine rings is 1. The van der Waals surface area contributed by atoms with E-state index in [0.29, 0.717) is 42.3 Å². The van der Waals surface area contributed by atoms with Crippen molar-refractivity contribution < 1.29 is 14.1 Å². The first-order valence-corrected chi connectivity index (χ1v) is 11.8. The Kier molecular flexibility index (Phi) is 6.74. The van der Waals surface area contributed by atoms with Gasteiger partial charge in [-0.1, -0.05) is 35.0 Å². The molecule has 0 bridgehead atoms. The Hall–Kier alpha value is -2.93. The summed E-state index contributed by atoms with van der Waals surface area (Å²) in [6.07, 6.45) is 3.07. The van der Waals surface area contributed by atoms with Gasteiger partial charge < -0.3 is 9.42 Å². The van der Waals surface area contributed by atoms with Crippen LogP contribution in [-0.4, -0.2) is 39.8 Å². The maximum Gasteiger partial charge on any atom is 0.256 e. The minimum absolute atomic E-state index is 0.0272. The van der Waals surface area contributed by atoms with E-state index >= 15 is 0 Å². The number of rotatable bonds is 6. The second-order valence-electron chi connectivity index (χ2n) is 8.24. The second-order valence-corrected chi connectivity index (χ2v) is 9.21. The lowest BCUT2D eigenvalue weighted by Gasteiger charge is -2.31. The quantitative estimate of drug-likeness (QED) is 0.388. The first kappa shape index (κ1) is 22.3. The average molecular weight is 450 g/mol. The Balaban J connectivity index is 1.40. The number of amides is 1. The maximum absolute atomic E-state index is 13.3. The van der Waals surface area contributed by atoms with Gasteiger partial charge in [0.05, 0.1) is 11.3 Å². The fourth-order valence-electron chi connectivity index (χ4n) is 3.99. The van der Waals surface area contributed by atoms with Crippen LogP contribution in [0.3, 0.4) is 0 Å². The molecule has 6 nitrogen and oxygen atoms in total. The van der Waals surface area contributed by atoms with E-state index in [0.717, 1.165) is 28.1 Å². The van der Waals surface area contributed by atoms with Crippen LogP contribution in [0, 0.1) is 26.7 Å². The summed E-state index contributed by atoms with van der Waals surface area (Å²) in [5.74, 6) is 1.55. The summed E-state index contributed by atoms with van der Waals surface area (Å²) in [4.78, 5) is 32.4. The number of nitrogens with zero attached hydrogens (tertiary/aromatic N) is 3. The zero-order valence-electron chi connectivity index (χ0n) is 18.6. The summed E-state index contributed by atoms with van der Waals surface area (Å²) in [5.41, 5.74) is 4.40. The Bertz CT molecular complexity index is 1100. The van der Waals surface area contributed by atoms with Crippen LogP contribution in [0.2, 0.25) is 0 Å². The minimum Gasteiger partial charge on any atom is -0.361 e. The van der Waals surface area contributed by atoms with Crippen molar-refractivity contribution in [2.75, 3.05) is 13.1 Å². The molecule has 3 heterocycles. The first-order chi connectivity index (χ1) is 15.4. The smallest absolute Gasteiger partial charge is 0.256 e. The van der Waals surface area contributed by atoms with Crippen molar-refractivity contribution in [3.05, 3.63) is 76.3 Å². The highest BCUT2D eigenvalue weighted by molar-refractivity contribution is 7.98. The van der Waals surface area contributed by atoms with Crippen LogP contribution in [0.1, 0.15) is 56.1 Å². The van der Waals surface area contributed by atoms with Gasteiger partial charge in [-0.25, -0.2) is 4.98 Å². The summed E-state index contributed by atoms with van der Waals surface area (Å²) < 4.78 is 5.24. The standard InChI is InChI=1S/C25H27N3O3S/c1-16-6-8-19(9-7-16)23(29)20-10-13-28(14-11-20)25(30)21-5-4-12-26-24(21)32-15-22-17(2)27-31-18(22)3/h4-9,12,20H,10-11,13-15H2,1-3H3. The van der Waals surface area contributed by atoms with Crippen molar-refractivity contribution in [2.24, 2.45) is 5.92 Å². The number of pyridine rings is 1. The third kappa shape index (κ3) is 4.78. The lowest BCUT2D eigenvalue weighted by atomic mass is 9.88. The van der Waals surface area contributed by atoms with Gasteiger partial charge in [0, 0.05) is 42.1 Å². The van der Waals surface area contributed by atoms with Gasteiger partial charge in [-0.15, -0.1) is 11.8 Å². The lowest BCUT2D eigenvalue weighted by molar-refractivity contribution is 0.0647. The number of Topliss-reactive ketones (excluding diaryl/α,β-unsaturated/α-hetero) is 1. The highest BCUT2D eigenvalue weighted by atomic mass is 32.2. The van der Waals surface area contributed by atoms with Gasteiger partial charge in [0.25, 0.3) is 5.91 Å². The van der Waals surface area contributed by atoms with Crippen molar-refractivity contribution >= 4 is 23.5 Å². The van der Waals surface area contributed by atoms with Gasteiger partial charge in [0.2, 0.25) is 0 Å². The van der Waals surface area contributed by atoms with E-state index < -0.39 is 0 Å². The predicted molar refractivity (Wildman–Crippen MR) is 124 cm³/mol. The van der Waals surface area contributed by atoms with E-state index in [1.54, 1.807) is 12.3 Å². The number of thioether (sulfide) groups is 1. The molecule has 0 atom stereocenters. The molecule has 1 saturated heterocycles. The Morgan fingerprint density at radius 1 is 1.09 bits per heavy atom. The molecule has 32 heavy (non-hydrogen) atoms. The Morgan fingerprint density at radius 3 is 2.47 bits per heavy atom. The van der Waals surface area contributed by atoms with E-state index in [4.69, 9.17) is 4.52 Å².